The molecule has 0 saturated carbocycles. The quantitative estimate of drug-likeness (QED) is 0.118. The molecule has 0 aliphatic rings. The van der Waals surface area contributed by atoms with Crippen LogP contribution in [0.3, 0.4) is 0 Å². The molecule has 33 heavy (non-hydrogen) atoms. The van der Waals surface area contributed by atoms with Crippen molar-refractivity contribution in [2.24, 2.45) is 17.6 Å². The zero-order valence-electron chi connectivity index (χ0n) is 22.8. The van der Waals surface area contributed by atoms with Crippen molar-refractivity contribution in [2.75, 3.05) is 6.61 Å². The zero-order chi connectivity index (χ0) is 24.4. The molecule has 3 heteroatoms. The van der Waals surface area contributed by atoms with Crippen LogP contribution in [-0.4, -0.2) is 17.6 Å². The molecular formula is C30H61NO2. The van der Waals surface area contributed by atoms with Gasteiger partial charge >= 0.3 is 0 Å². The number of rotatable bonds is 27. The molecule has 0 aromatic rings. The summed E-state index contributed by atoms with van der Waals surface area (Å²) in [6.07, 6.45) is 31.6. The summed E-state index contributed by atoms with van der Waals surface area (Å²) in [5.41, 5.74) is 5.62. The first-order valence-electron chi connectivity index (χ1n) is 15.1. The summed E-state index contributed by atoms with van der Waals surface area (Å²) in [4.78, 5) is 11.8. The second-order valence-electron chi connectivity index (χ2n) is 10.6. The Bertz CT molecular complexity index is 399. The Morgan fingerprint density at radius 2 is 0.879 bits per heavy atom. The molecule has 2 atom stereocenters. The van der Waals surface area contributed by atoms with Crippen molar-refractivity contribution >= 4 is 5.91 Å². The summed E-state index contributed by atoms with van der Waals surface area (Å²) in [6, 6.07) is 0. The third kappa shape index (κ3) is 21.7. The second-order valence-corrected chi connectivity index (χ2v) is 10.6. The number of aliphatic hydroxyl groups is 1. The Morgan fingerprint density at radius 1 is 0.545 bits per heavy atom. The lowest BCUT2D eigenvalue weighted by Gasteiger charge is -2.22. The van der Waals surface area contributed by atoms with E-state index >= 15 is 0 Å². The van der Waals surface area contributed by atoms with Crippen molar-refractivity contribution in [2.45, 2.75) is 168 Å². The van der Waals surface area contributed by atoms with Crippen LogP contribution in [0.15, 0.2) is 0 Å². The molecule has 198 valence electrons. The molecule has 0 fully saturated rings. The molecule has 0 aromatic carbocycles. The van der Waals surface area contributed by atoms with E-state index in [1.807, 2.05) is 0 Å². The maximum atomic E-state index is 11.8. The highest BCUT2D eigenvalue weighted by molar-refractivity contribution is 5.76. The largest absolute Gasteiger partial charge is 0.396 e. The smallest absolute Gasteiger partial charge is 0.220 e. The van der Waals surface area contributed by atoms with Gasteiger partial charge in [0, 0.05) is 12.5 Å². The number of primary amides is 1. The van der Waals surface area contributed by atoms with Crippen LogP contribution in [0.5, 0.6) is 0 Å². The van der Waals surface area contributed by atoms with Crippen LogP contribution in [0.4, 0.5) is 0 Å². The minimum absolute atomic E-state index is 0.0581. The minimum atomic E-state index is -0.219. The Labute approximate surface area is 208 Å². The van der Waals surface area contributed by atoms with E-state index in [1.54, 1.807) is 0 Å². The fraction of sp³-hybridized carbons (Fsp3) is 0.967. The first kappa shape index (κ1) is 32.4. The van der Waals surface area contributed by atoms with Crippen molar-refractivity contribution in [1.29, 1.82) is 0 Å². The number of amides is 1. The van der Waals surface area contributed by atoms with Gasteiger partial charge in [-0.05, 0) is 18.8 Å². The lowest BCUT2D eigenvalue weighted by Crippen LogP contribution is -2.32. The van der Waals surface area contributed by atoms with Gasteiger partial charge in [0.15, 0.2) is 0 Å². The van der Waals surface area contributed by atoms with Crippen molar-refractivity contribution in [1.82, 2.24) is 0 Å². The number of carbonyl (C=O) groups excluding carboxylic acids is 1. The van der Waals surface area contributed by atoms with Gasteiger partial charge in [-0.3, -0.25) is 4.79 Å². The molecular weight excluding hydrogens is 406 g/mol. The lowest BCUT2D eigenvalue weighted by atomic mass is 9.84. The second kappa shape index (κ2) is 26.0. The minimum Gasteiger partial charge on any atom is -0.396 e. The highest BCUT2D eigenvalue weighted by atomic mass is 16.3. The maximum Gasteiger partial charge on any atom is 0.220 e. The average Bonchev–Trinajstić information content (AvgIpc) is 2.81. The van der Waals surface area contributed by atoms with Crippen molar-refractivity contribution in [3.05, 3.63) is 0 Å². The van der Waals surface area contributed by atoms with E-state index in [0.29, 0.717) is 0 Å². The summed E-state index contributed by atoms with van der Waals surface area (Å²) in [5, 5.41) is 9.63. The van der Waals surface area contributed by atoms with Gasteiger partial charge in [0.05, 0.1) is 0 Å². The van der Waals surface area contributed by atoms with Gasteiger partial charge in [-0.15, -0.1) is 0 Å². The fourth-order valence-corrected chi connectivity index (χ4v) is 5.12. The molecule has 0 bridgehead atoms. The molecule has 0 heterocycles. The standard InChI is InChI=1S/C30H61NO2/c1-3-5-7-8-9-10-11-12-13-14-15-16-17-18-19-20-21-22-23-24-26-29(30(31)33)28(27-32)25-6-4-2/h28-29,32H,3-27H2,1-2H3,(H2,31,33). The SMILES string of the molecule is CCCCCCCCCCCCCCCCCCCCCCC(C(N)=O)C(CO)CCCC. The Kier molecular flexibility index (Phi) is 25.6. The van der Waals surface area contributed by atoms with Gasteiger partial charge in [-0.25, -0.2) is 0 Å². The maximum absolute atomic E-state index is 11.8. The van der Waals surface area contributed by atoms with Crippen LogP contribution in [0, 0.1) is 11.8 Å². The van der Waals surface area contributed by atoms with E-state index in [2.05, 4.69) is 13.8 Å². The molecule has 0 saturated heterocycles. The van der Waals surface area contributed by atoms with Gasteiger partial charge in [-0.2, -0.15) is 0 Å². The number of hydrogen-bond donors (Lipinski definition) is 2. The highest BCUT2D eigenvalue weighted by Crippen LogP contribution is 2.24. The van der Waals surface area contributed by atoms with Gasteiger partial charge in [0.2, 0.25) is 5.91 Å². The number of aliphatic hydroxyl groups excluding tert-OH is 1. The Balaban J connectivity index is 3.39. The van der Waals surface area contributed by atoms with Gasteiger partial charge in [0.25, 0.3) is 0 Å². The molecule has 0 aromatic heterocycles. The number of hydrogen-bond acceptors (Lipinski definition) is 2. The third-order valence-corrected chi connectivity index (χ3v) is 7.47. The predicted molar refractivity (Wildman–Crippen MR) is 145 cm³/mol. The predicted octanol–water partition coefficient (Wildman–Crippen LogP) is 9.10. The monoisotopic (exact) mass is 467 g/mol. The van der Waals surface area contributed by atoms with Crippen LogP contribution < -0.4 is 5.73 Å². The summed E-state index contributed by atoms with van der Waals surface area (Å²) >= 11 is 0. The van der Waals surface area contributed by atoms with E-state index in [4.69, 9.17) is 5.73 Å². The first-order valence-corrected chi connectivity index (χ1v) is 15.1. The lowest BCUT2D eigenvalue weighted by molar-refractivity contribution is -0.124. The Morgan fingerprint density at radius 3 is 1.18 bits per heavy atom. The summed E-state index contributed by atoms with van der Waals surface area (Å²) in [5.74, 6) is -0.303. The van der Waals surface area contributed by atoms with Crippen LogP contribution >= 0.6 is 0 Å². The number of nitrogens with two attached hydrogens (primary N) is 1. The first-order chi connectivity index (χ1) is 16.2. The third-order valence-electron chi connectivity index (χ3n) is 7.47. The summed E-state index contributed by atoms with van der Waals surface area (Å²) in [6.45, 7) is 4.52. The van der Waals surface area contributed by atoms with E-state index in [0.717, 1.165) is 32.1 Å². The van der Waals surface area contributed by atoms with E-state index in [-0.39, 0.29) is 24.3 Å². The molecule has 0 rings (SSSR count). The van der Waals surface area contributed by atoms with Crippen molar-refractivity contribution in [3.8, 4) is 0 Å². The molecule has 0 aliphatic carbocycles. The van der Waals surface area contributed by atoms with E-state index in [1.165, 1.54) is 122 Å². The van der Waals surface area contributed by atoms with Crippen molar-refractivity contribution in [3.63, 3.8) is 0 Å². The molecule has 3 N–H and O–H groups in total. The molecule has 0 aliphatic heterocycles. The summed E-state index contributed by atoms with van der Waals surface area (Å²) < 4.78 is 0. The van der Waals surface area contributed by atoms with E-state index < -0.39 is 0 Å². The molecule has 0 spiro atoms. The fourth-order valence-electron chi connectivity index (χ4n) is 5.12. The van der Waals surface area contributed by atoms with Gasteiger partial charge in [-0.1, -0.05) is 155 Å². The number of carbonyl (C=O) groups is 1. The molecule has 2 unspecified atom stereocenters. The molecule has 1 amide bonds. The highest BCUT2D eigenvalue weighted by Gasteiger charge is 2.24. The average molecular weight is 468 g/mol. The molecule has 0 radical (unpaired) electrons. The van der Waals surface area contributed by atoms with Gasteiger partial charge < -0.3 is 10.8 Å². The normalized spacial score (nSPS) is 13.3. The topological polar surface area (TPSA) is 63.3 Å². The van der Waals surface area contributed by atoms with Gasteiger partial charge in [0.1, 0.15) is 0 Å². The number of unbranched alkanes of at least 4 members (excludes halogenated alkanes) is 20. The van der Waals surface area contributed by atoms with Crippen LogP contribution in [0.25, 0.3) is 0 Å². The van der Waals surface area contributed by atoms with Crippen LogP contribution in [0.1, 0.15) is 168 Å². The van der Waals surface area contributed by atoms with Crippen molar-refractivity contribution < 1.29 is 9.90 Å². The molecule has 3 nitrogen and oxygen atoms in total. The Hall–Kier alpha value is -0.570. The van der Waals surface area contributed by atoms with Crippen LogP contribution in [-0.2, 0) is 4.79 Å². The zero-order valence-corrected chi connectivity index (χ0v) is 22.8. The van der Waals surface area contributed by atoms with E-state index in [9.17, 15) is 9.90 Å². The van der Waals surface area contributed by atoms with Crippen LogP contribution in [0.2, 0.25) is 0 Å². The summed E-state index contributed by atoms with van der Waals surface area (Å²) in [7, 11) is 0.